The lowest BCUT2D eigenvalue weighted by Crippen LogP contribution is -2.04. The van der Waals surface area contributed by atoms with E-state index in [4.69, 9.17) is 10.5 Å². The van der Waals surface area contributed by atoms with Gasteiger partial charge in [0.2, 0.25) is 0 Å². The third-order valence-corrected chi connectivity index (χ3v) is 2.78. The van der Waals surface area contributed by atoms with Gasteiger partial charge in [0.25, 0.3) is 0 Å². The van der Waals surface area contributed by atoms with Crippen LogP contribution in [0, 0.1) is 22.7 Å². The number of ether oxygens (including phenoxy) is 1. The minimum absolute atomic E-state index is 0.110. The number of hydrogen-bond acceptors (Lipinski definition) is 5. The first kappa shape index (κ1) is 13.3. The number of carbonyl (C=O) groups is 1. The molecule has 0 aliphatic carbocycles. The number of aromatic nitrogens is 2. The van der Waals surface area contributed by atoms with Gasteiger partial charge >= 0.3 is 5.97 Å². The van der Waals surface area contributed by atoms with Crippen molar-refractivity contribution in [2.75, 3.05) is 7.11 Å². The summed E-state index contributed by atoms with van der Waals surface area (Å²) in [7, 11) is 1.32. The van der Waals surface area contributed by atoms with E-state index in [1.54, 1.807) is 28.8 Å². The van der Waals surface area contributed by atoms with Crippen molar-refractivity contribution in [2.24, 2.45) is 0 Å². The summed E-state index contributed by atoms with van der Waals surface area (Å²) >= 11 is 0. The summed E-state index contributed by atoms with van der Waals surface area (Å²) in [5.74, 6) is -0.399. The average Bonchev–Trinajstić information content (AvgIpc) is 2.89. The van der Waals surface area contributed by atoms with Gasteiger partial charge in [-0.3, -0.25) is 0 Å². The molecule has 0 unspecified atom stereocenters. The Balaban J connectivity index is 2.23. The van der Waals surface area contributed by atoms with Gasteiger partial charge < -0.3 is 9.30 Å². The normalized spacial score (nSPS) is 9.55. The second kappa shape index (κ2) is 5.68. The van der Waals surface area contributed by atoms with E-state index in [0.29, 0.717) is 12.1 Å². The lowest BCUT2D eigenvalue weighted by molar-refractivity contribution is 0.0600. The van der Waals surface area contributed by atoms with Gasteiger partial charge in [0.05, 0.1) is 19.0 Å². The molecule has 0 atom stereocenters. The Labute approximate surface area is 115 Å². The van der Waals surface area contributed by atoms with Gasteiger partial charge in [-0.05, 0) is 17.7 Å². The second-order valence-corrected chi connectivity index (χ2v) is 3.98. The standard InChI is InChI=1S/C14H10N4O2/c1-20-14(19)11-4-2-10(3-5-11)8-18-9-17-12(6-15)13(18)7-16/h2-5,9H,8H2,1H3. The zero-order chi connectivity index (χ0) is 14.5. The molecule has 0 aliphatic heterocycles. The Kier molecular flexibility index (Phi) is 3.78. The smallest absolute Gasteiger partial charge is 0.337 e. The van der Waals surface area contributed by atoms with E-state index < -0.39 is 5.97 Å². The molecule has 6 heteroatoms. The van der Waals surface area contributed by atoms with Crippen molar-refractivity contribution in [2.45, 2.75) is 6.54 Å². The highest BCUT2D eigenvalue weighted by molar-refractivity contribution is 5.89. The molecule has 0 spiro atoms. The molecule has 0 aliphatic rings. The van der Waals surface area contributed by atoms with Crippen LogP contribution in [-0.4, -0.2) is 22.6 Å². The molecule has 1 heterocycles. The monoisotopic (exact) mass is 266 g/mol. The van der Waals surface area contributed by atoms with Crippen LogP contribution in [0.5, 0.6) is 0 Å². The van der Waals surface area contributed by atoms with Crippen molar-refractivity contribution in [3.8, 4) is 12.1 Å². The Morgan fingerprint density at radius 1 is 1.30 bits per heavy atom. The first-order valence-corrected chi connectivity index (χ1v) is 5.72. The number of nitrogens with zero attached hydrogens (tertiary/aromatic N) is 4. The highest BCUT2D eigenvalue weighted by Gasteiger charge is 2.10. The Morgan fingerprint density at radius 3 is 2.55 bits per heavy atom. The van der Waals surface area contributed by atoms with Crippen LogP contribution in [0.3, 0.4) is 0 Å². The SMILES string of the molecule is COC(=O)c1ccc(Cn2cnc(C#N)c2C#N)cc1. The molecule has 1 aromatic carbocycles. The van der Waals surface area contributed by atoms with E-state index in [0.717, 1.165) is 5.56 Å². The summed E-state index contributed by atoms with van der Waals surface area (Å²) in [5, 5.41) is 17.8. The summed E-state index contributed by atoms with van der Waals surface area (Å²) in [6.07, 6.45) is 1.45. The zero-order valence-corrected chi connectivity index (χ0v) is 10.7. The zero-order valence-electron chi connectivity index (χ0n) is 10.7. The third-order valence-electron chi connectivity index (χ3n) is 2.78. The maximum absolute atomic E-state index is 11.3. The van der Waals surface area contributed by atoms with Crippen LogP contribution >= 0.6 is 0 Å². The number of methoxy groups -OCH3 is 1. The summed E-state index contributed by atoms with van der Waals surface area (Å²) in [6.45, 7) is 0.402. The molecule has 98 valence electrons. The molecule has 1 aromatic heterocycles. The molecule has 20 heavy (non-hydrogen) atoms. The van der Waals surface area contributed by atoms with Gasteiger partial charge in [-0.15, -0.1) is 0 Å². The van der Waals surface area contributed by atoms with Crippen molar-refractivity contribution in [1.29, 1.82) is 10.5 Å². The fourth-order valence-corrected chi connectivity index (χ4v) is 1.76. The number of nitriles is 2. The van der Waals surface area contributed by atoms with Crippen molar-refractivity contribution < 1.29 is 9.53 Å². The maximum atomic E-state index is 11.3. The summed E-state index contributed by atoms with van der Waals surface area (Å²) < 4.78 is 6.20. The highest BCUT2D eigenvalue weighted by Crippen LogP contribution is 2.11. The second-order valence-electron chi connectivity index (χ2n) is 3.98. The van der Waals surface area contributed by atoms with Crippen LogP contribution in [0.1, 0.15) is 27.3 Å². The molecule has 6 nitrogen and oxygen atoms in total. The summed E-state index contributed by atoms with van der Waals surface area (Å²) in [5.41, 5.74) is 1.68. The Hall–Kier alpha value is -3.12. The summed E-state index contributed by atoms with van der Waals surface area (Å²) in [6, 6.07) is 10.6. The summed E-state index contributed by atoms with van der Waals surface area (Å²) in [4.78, 5) is 15.2. The van der Waals surface area contributed by atoms with Gasteiger partial charge in [0, 0.05) is 6.54 Å². The lowest BCUT2D eigenvalue weighted by atomic mass is 10.1. The average molecular weight is 266 g/mol. The third kappa shape index (κ3) is 2.50. The molecule has 0 amide bonds. The molecular formula is C14H10N4O2. The van der Waals surface area contributed by atoms with Crippen molar-refractivity contribution >= 4 is 5.97 Å². The van der Waals surface area contributed by atoms with Crippen LogP contribution in [-0.2, 0) is 11.3 Å². The molecule has 0 saturated carbocycles. The van der Waals surface area contributed by atoms with Crippen LogP contribution in [0.15, 0.2) is 30.6 Å². The first-order chi connectivity index (χ1) is 9.69. The first-order valence-electron chi connectivity index (χ1n) is 5.72. The maximum Gasteiger partial charge on any atom is 0.337 e. The highest BCUT2D eigenvalue weighted by atomic mass is 16.5. The minimum atomic E-state index is -0.399. The van der Waals surface area contributed by atoms with Crippen LogP contribution < -0.4 is 0 Å². The molecule has 0 N–H and O–H groups in total. The Morgan fingerprint density at radius 2 is 2.00 bits per heavy atom. The number of esters is 1. The van der Waals surface area contributed by atoms with E-state index in [2.05, 4.69) is 9.72 Å². The molecule has 0 saturated heterocycles. The topological polar surface area (TPSA) is 91.7 Å². The fourth-order valence-electron chi connectivity index (χ4n) is 1.76. The van der Waals surface area contributed by atoms with Gasteiger partial charge in [-0.2, -0.15) is 10.5 Å². The fraction of sp³-hybridized carbons (Fsp3) is 0.143. The van der Waals surface area contributed by atoms with Crippen molar-refractivity contribution in [1.82, 2.24) is 9.55 Å². The molecule has 0 radical (unpaired) electrons. The van der Waals surface area contributed by atoms with E-state index in [1.165, 1.54) is 13.4 Å². The minimum Gasteiger partial charge on any atom is -0.465 e. The van der Waals surface area contributed by atoms with E-state index in [9.17, 15) is 4.79 Å². The largest absolute Gasteiger partial charge is 0.465 e. The number of rotatable bonds is 3. The molecule has 2 rings (SSSR count). The number of benzene rings is 1. The molecule has 0 bridgehead atoms. The number of carbonyl (C=O) groups excluding carboxylic acids is 1. The Bertz CT molecular complexity index is 717. The molecule has 0 fully saturated rings. The van der Waals surface area contributed by atoms with Gasteiger partial charge in [-0.1, -0.05) is 12.1 Å². The van der Waals surface area contributed by atoms with E-state index >= 15 is 0 Å². The molecular weight excluding hydrogens is 256 g/mol. The molecule has 2 aromatic rings. The quantitative estimate of drug-likeness (QED) is 0.784. The van der Waals surface area contributed by atoms with Crippen LogP contribution in [0.25, 0.3) is 0 Å². The lowest BCUT2D eigenvalue weighted by Gasteiger charge is -2.05. The van der Waals surface area contributed by atoms with Crippen molar-refractivity contribution in [3.63, 3.8) is 0 Å². The van der Waals surface area contributed by atoms with Crippen molar-refractivity contribution in [3.05, 3.63) is 53.1 Å². The van der Waals surface area contributed by atoms with Gasteiger partial charge in [0.1, 0.15) is 12.1 Å². The van der Waals surface area contributed by atoms with Crippen LogP contribution in [0.4, 0.5) is 0 Å². The number of imidazole rings is 1. The predicted molar refractivity (Wildman–Crippen MR) is 68.5 cm³/mol. The van der Waals surface area contributed by atoms with Gasteiger partial charge in [-0.25, -0.2) is 9.78 Å². The van der Waals surface area contributed by atoms with Crippen LogP contribution in [0.2, 0.25) is 0 Å². The van der Waals surface area contributed by atoms with E-state index in [-0.39, 0.29) is 11.4 Å². The number of hydrogen-bond donors (Lipinski definition) is 0. The van der Waals surface area contributed by atoms with Gasteiger partial charge in [0.15, 0.2) is 11.4 Å². The van der Waals surface area contributed by atoms with E-state index in [1.807, 2.05) is 12.1 Å². The predicted octanol–water partition coefficient (Wildman–Crippen LogP) is 1.46.